The number of rotatable bonds is 3. The number of hydrogen-bond acceptors (Lipinski definition) is 1. The summed E-state index contributed by atoms with van der Waals surface area (Å²) in [6, 6.07) is 0. The largest absolute Gasteiger partial charge is 0.414 e. The molecule has 54 valence electrons. The summed E-state index contributed by atoms with van der Waals surface area (Å²) in [5, 5.41) is 0. The van der Waals surface area contributed by atoms with Crippen LogP contribution in [0.1, 0.15) is 13.8 Å². The second-order valence-corrected chi connectivity index (χ2v) is 5.04. The summed E-state index contributed by atoms with van der Waals surface area (Å²) in [5.41, 5.74) is 1.12. The van der Waals surface area contributed by atoms with E-state index in [1.165, 1.54) is 0 Å². The van der Waals surface area contributed by atoms with Crippen molar-refractivity contribution in [3.05, 3.63) is 12.2 Å². The molecule has 9 heavy (non-hydrogen) atoms. The quantitative estimate of drug-likeness (QED) is 0.434. The first kappa shape index (κ1) is 8.92. The topological polar surface area (TPSA) is 9.23 Å². The molecule has 0 rings (SSSR count). The van der Waals surface area contributed by atoms with Crippen LogP contribution >= 0.6 is 0 Å². The van der Waals surface area contributed by atoms with E-state index in [4.69, 9.17) is 4.43 Å². The van der Waals surface area contributed by atoms with Gasteiger partial charge >= 0.3 is 0 Å². The molecule has 0 aliphatic carbocycles. The van der Waals surface area contributed by atoms with Gasteiger partial charge in [-0.25, -0.2) is 0 Å². The van der Waals surface area contributed by atoms with Crippen LogP contribution in [0.4, 0.5) is 0 Å². The zero-order valence-corrected chi connectivity index (χ0v) is 7.92. The highest BCUT2D eigenvalue weighted by Gasteiger charge is 2.03. The van der Waals surface area contributed by atoms with Gasteiger partial charge in [-0.1, -0.05) is 12.2 Å². The van der Waals surface area contributed by atoms with Crippen molar-refractivity contribution in [2.45, 2.75) is 33.0 Å². The summed E-state index contributed by atoms with van der Waals surface area (Å²) in [6.45, 7) is 12.2. The molecule has 0 radical (unpaired) electrons. The Kier molecular flexibility index (Phi) is 3.82. The molecule has 0 aliphatic heterocycles. The summed E-state index contributed by atoms with van der Waals surface area (Å²) in [4.78, 5) is 0. The van der Waals surface area contributed by atoms with Gasteiger partial charge in [0, 0.05) is 0 Å². The lowest BCUT2D eigenvalue weighted by Crippen LogP contribution is -2.17. The first-order valence-electron chi connectivity index (χ1n) is 3.35. The van der Waals surface area contributed by atoms with E-state index in [9.17, 15) is 0 Å². The SMILES string of the molecule is C=C(C)C(C)O[SiH](C)C. The minimum atomic E-state index is -0.845. The van der Waals surface area contributed by atoms with Gasteiger partial charge in [-0.05, 0) is 26.9 Å². The van der Waals surface area contributed by atoms with Crippen LogP contribution in [-0.2, 0) is 4.43 Å². The highest BCUT2D eigenvalue weighted by molar-refractivity contribution is 6.48. The lowest BCUT2D eigenvalue weighted by atomic mass is 10.2. The predicted molar refractivity (Wildman–Crippen MR) is 44.2 cm³/mol. The highest BCUT2D eigenvalue weighted by Crippen LogP contribution is 2.03. The Labute approximate surface area is 59.5 Å². The van der Waals surface area contributed by atoms with Gasteiger partial charge in [0.1, 0.15) is 0 Å². The predicted octanol–water partition coefficient (Wildman–Crippen LogP) is 1.95. The molecule has 1 unspecified atom stereocenters. The maximum atomic E-state index is 5.55. The van der Waals surface area contributed by atoms with Crippen LogP contribution in [0.5, 0.6) is 0 Å². The first-order valence-corrected chi connectivity index (χ1v) is 6.13. The van der Waals surface area contributed by atoms with Crippen LogP contribution < -0.4 is 0 Å². The molecule has 0 aliphatic rings. The van der Waals surface area contributed by atoms with Crippen LogP contribution in [-0.4, -0.2) is 15.1 Å². The Balaban J connectivity index is 3.50. The molecule has 0 fully saturated rings. The van der Waals surface area contributed by atoms with E-state index in [0.717, 1.165) is 5.57 Å². The van der Waals surface area contributed by atoms with Crippen molar-refractivity contribution in [3.8, 4) is 0 Å². The molecule has 0 amide bonds. The fourth-order valence-corrected chi connectivity index (χ4v) is 1.57. The zero-order chi connectivity index (χ0) is 7.44. The van der Waals surface area contributed by atoms with E-state index in [0.29, 0.717) is 0 Å². The third kappa shape index (κ3) is 4.42. The van der Waals surface area contributed by atoms with Crippen molar-refractivity contribution in [1.82, 2.24) is 0 Å². The van der Waals surface area contributed by atoms with Gasteiger partial charge in [0.2, 0.25) is 0 Å². The molecule has 0 saturated heterocycles. The van der Waals surface area contributed by atoms with E-state index < -0.39 is 9.04 Å². The minimum absolute atomic E-state index is 0.261. The van der Waals surface area contributed by atoms with Gasteiger partial charge in [-0.15, -0.1) is 0 Å². The van der Waals surface area contributed by atoms with Crippen molar-refractivity contribution < 1.29 is 4.43 Å². The fraction of sp³-hybridized carbons (Fsp3) is 0.714. The van der Waals surface area contributed by atoms with Crippen molar-refractivity contribution >= 4 is 9.04 Å². The smallest absolute Gasteiger partial charge is 0.171 e. The Hall–Kier alpha value is -0.0831. The van der Waals surface area contributed by atoms with E-state index >= 15 is 0 Å². The van der Waals surface area contributed by atoms with Gasteiger partial charge < -0.3 is 4.43 Å². The molecule has 0 N–H and O–H groups in total. The fourth-order valence-electron chi connectivity index (χ4n) is 0.524. The summed E-state index contributed by atoms with van der Waals surface area (Å²) in [6.07, 6.45) is 0.261. The maximum absolute atomic E-state index is 5.55. The molecular formula is C7H16OSi. The van der Waals surface area contributed by atoms with Gasteiger partial charge in [0.15, 0.2) is 9.04 Å². The van der Waals surface area contributed by atoms with Gasteiger partial charge in [-0.3, -0.25) is 0 Å². The maximum Gasteiger partial charge on any atom is 0.171 e. The summed E-state index contributed by atoms with van der Waals surface area (Å²) >= 11 is 0. The van der Waals surface area contributed by atoms with Gasteiger partial charge in [0.05, 0.1) is 6.10 Å². The molecule has 0 bridgehead atoms. The molecular weight excluding hydrogens is 128 g/mol. The minimum Gasteiger partial charge on any atom is -0.414 e. The van der Waals surface area contributed by atoms with Crippen molar-refractivity contribution in [2.24, 2.45) is 0 Å². The third-order valence-corrected chi connectivity index (χ3v) is 2.12. The third-order valence-electron chi connectivity index (χ3n) is 1.17. The Morgan fingerprint density at radius 1 is 1.56 bits per heavy atom. The average molecular weight is 144 g/mol. The molecule has 0 aromatic carbocycles. The first-order chi connectivity index (χ1) is 4.04. The standard InChI is InChI=1S/C7H16OSi/c1-6(2)7(3)8-9(4)5/h7,9H,1H2,2-5H3. The molecule has 0 spiro atoms. The van der Waals surface area contributed by atoms with Crippen LogP contribution in [0, 0.1) is 0 Å². The second-order valence-electron chi connectivity index (χ2n) is 2.67. The molecule has 0 heterocycles. The Bertz CT molecular complexity index is 99.1. The molecule has 0 aromatic heterocycles. The molecule has 2 heteroatoms. The molecule has 0 aromatic rings. The van der Waals surface area contributed by atoms with Crippen molar-refractivity contribution in [3.63, 3.8) is 0 Å². The number of hydrogen-bond donors (Lipinski definition) is 0. The van der Waals surface area contributed by atoms with Crippen LogP contribution in [0.2, 0.25) is 13.1 Å². The highest BCUT2D eigenvalue weighted by atomic mass is 28.3. The van der Waals surface area contributed by atoms with E-state index in [1.807, 2.05) is 6.92 Å². The summed E-state index contributed by atoms with van der Waals surface area (Å²) in [7, 11) is -0.845. The van der Waals surface area contributed by atoms with Crippen LogP contribution in [0.25, 0.3) is 0 Å². The zero-order valence-electron chi connectivity index (χ0n) is 6.77. The van der Waals surface area contributed by atoms with E-state index in [-0.39, 0.29) is 6.10 Å². The molecule has 1 atom stereocenters. The van der Waals surface area contributed by atoms with Gasteiger partial charge in [0.25, 0.3) is 0 Å². The normalized spacial score (nSPS) is 13.9. The lowest BCUT2D eigenvalue weighted by Gasteiger charge is -2.14. The lowest BCUT2D eigenvalue weighted by molar-refractivity contribution is 0.264. The van der Waals surface area contributed by atoms with Gasteiger partial charge in [-0.2, -0.15) is 0 Å². The Morgan fingerprint density at radius 3 is 2.11 bits per heavy atom. The van der Waals surface area contributed by atoms with Crippen LogP contribution in [0.15, 0.2) is 12.2 Å². The monoisotopic (exact) mass is 144 g/mol. The molecule has 0 saturated carbocycles. The van der Waals surface area contributed by atoms with E-state index in [1.54, 1.807) is 0 Å². The van der Waals surface area contributed by atoms with Crippen LogP contribution in [0.3, 0.4) is 0 Å². The Morgan fingerprint density at radius 2 is 2.00 bits per heavy atom. The molecule has 1 nitrogen and oxygen atoms in total. The summed E-state index contributed by atoms with van der Waals surface area (Å²) in [5.74, 6) is 0. The van der Waals surface area contributed by atoms with E-state index in [2.05, 4.69) is 26.6 Å². The van der Waals surface area contributed by atoms with Crippen molar-refractivity contribution in [2.75, 3.05) is 0 Å². The average Bonchev–Trinajstić information content (AvgIpc) is 1.63. The second kappa shape index (κ2) is 3.85. The van der Waals surface area contributed by atoms with Crippen molar-refractivity contribution in [1.29, 1.82) is 0 Å². The summed E-state index contributed by atoms with van der Waals surface area (Å²) < 4.78 is 5.55.